The van der Waals surface area contributed by atoms with E-state index < -0.39 is 0 Å². The highest BCUT2D eigenvalue weighted by Gasteiger charge is 2.26. The Balaban J connectivity index is 1.69. The van der Waals surface area contributed by atoms with Gasteiger partial charge in [-0.25, -0.2) is 9.48 Å². The van der Waals surface area contributed by atoms with Crippen LogP contribution in [-0.2, 0) is 0 Å². The first kappa shape index (κ1) is 17.5. The molecule has 1 aromatic heterocycles. The van der Waals surface area contributed by atoms with E-state index in [-0.39, 0.29) is 18.7 Å². The zero-order valence-corrected chi connectivity index (χ0v) is 14.9. The number of rotatable bonds is 4. The maximum atomic E-state index is 12.7. The molecule has 1 aliphatic rings. The lowest BCUT2D eigenvalue weighted by molar-refractivity contribution is 0.139. The van der Waals surface area contributed by atoms with E-state index in [0.717, 1.165) is 42.8 Å². The normalized spacial score (nSPS) is 20.3. The second-order valence-corrected chi connectivity index (χ2v) is 6.82. The molecule has 134 valence electrons. The van der Waals surface area contributed by atoms with Gasteiger partial charge in [0.25, 0.3) is 0 Å². The number of para-hydroxylation sites is 2. The topological polar surface area (TPSA) is 70.4 Å². The van der Waals surface area contributed by atoms with Gasteiger partial charge in [0.05, 0.1) is 17.1 Å². The molecule has 6 nitrogen and oxygen atoms in total. The second kappa shape index (κ2) is 7.70. The molecule has 25 heavy (non-hydrogen) atoms. The van der Waals surface area contributed by atoms with Gasteiger partial charge in [-0.15, -0.1) is 0 Å². The molecule has 0 saturated heterocycles. The van der Waals surface area contributed by atoms with Crippen LogP contribution in [0.25, 0.3) is 5.69 Å². The molecule has 0 unspecified atom stereocenters. The number of hydrogen-bond acceptors (Lipinski definition) is 3. The molecular formula is C19H26N4O2. The van der Waals surface area contributed by atoms with Crippen molar-refractivity contribution in [3.05, 3.63) is 42.2 Å². The Morgan fingerprint density at radius 3 is 2.64 bits per heavy atom. The van der Waals surface area contributed by atoms with Crippen LogP contribution >= 0.6 is 0 Å². The molecule has 6 heteroatoms. The van der Waals surface area contributed by atoms with E-state index in [1.54, 1.807) is 9.58 Å². The maximum Gasteiger partial charge on any atom is 0.321 e. The van der Waals surface area contributed by atoms with Gasteiger partial charge in [0.2, 0.25) is 0 Å². The third kappa shape index (κ3) is 4.02. The van der Waals surface area contributed by atoms with E-state index in [0.29, 0.717) is 5.92 Å². The van der Waals surface area contributed by atoms with Gasteiger partial charge in [0.15, 0.2) is 0 Å². The molecular weight excluding hydrogens is 316 g/mol. The molecule has 0 spiro atoms. The first-order valence-electron chi connectivity index (χ1n) is 8.85. The third-order valence-electron chi connectivity index (χ3n) is 5.06. The van der Waals surface area contributed by atoms with Crippen molar-refractivity contribution in [3.8, 4) is 5.69 Å². The Labute approximate surface area is 148 Å². The first-order valence-corrected chi connectivity index (χ1v) is 8.85. The standard InChI is InChI=1S/C19H26N4O2/c1-14-11-12-23(21-14)18-6-4-3-5-17(18)20-19(25)22(2)16-9-7-15(13-24)8-10-16/h3-6,11-12,15-16,24H,7-10,13H2,1-2H3,(H,20,25). The summed E-state index contributed by atoms with van der Waals surface area (Å²) in [5.74, 6) is 0.386. The van der Waals surface area contributed by atoms with Crippen molar-refractivity contribution < 1.29 is 9.90 Å². The Kier molecular flexibility index (Phi) is 5.38. The molecule has 0 bridgehead atoms. The number of benzene rings is 1. The van der Waals surface area contributed by atoms with Crippen molar-refractivity contribution in [1.82, 2.24) is 14.7 Å². The van der Waals surface area contributed by atoms with Crippen LogP contribution in [-0.4, -0.2) is 45.5 Å². The van der Waals surface area contributed by atoms with E-state index in [9.17, 15) is 9.90 Å². The number of nitrogens with one attached hydrogen (secondary N) is 1. The maximum absolute atomic E-state index is 12.7. The number of anilines is 1. The number of hydrogen-bond donors (Lipinski definition) is 2. The first-order chi connectivity index (χ1) is 12.1. The minimum Gasteiger partial charge on any atom is -0.396 e. The molecule has 1 fully saturated rings. The molecule has 1 heterocycles. The molecule has 1 saturated carbocycles. The van der Waals surface area contributed by atoms with E-state index in [1.165, 1.54) is 0 Å². The highest BCUT2D eigenvalue weighted by molar-refractivity contribution is 5.91. The van der Waals surface area contributed by atoms with Crippen LogP contribution in [0.1, 0.15) is 31.4 Å². The average molecular weight is 342 g/mol. The van der Waals surface area contributed by atoms with Crippen LogP contribution in [0, 0.1) is 12.8 Å². The summed E-state index contributed by atoms with van der Waals surface area (Å²) >= 11 is 0. The lowest BCUT2D eigenvalue weighted by atomic mass is 9.86. The van der Waals surface area contributed by atoms with Gasteiger partial charge in [-0.05, 0) is 56.7 Å². The quantitative estimate of drug-likeness (QED) is 0.896. The summed E-state index contributed by atoms with van der Waals surface area (Å²) < 4.78 is 1.78. The predicted octanol–water partition coefficient (Wildman–Crippen LogP) is 3.20. The van der Waals surface area contributed by atoms with Crippen molar-refractivity contribution in [1.29, 1.82) is 0 Å². The molecule has 1 aliphatic carbocycles. The molecule has 3 rings (SSSR count). The largest absolute Gasteiger partial charge is 0.396 e. The lowest BCUT2D eigenvalue weighted by Gasteiger charge is -2.34. The average Bonchev–Trinajstić information content (AvgIpc) is 3.07. The van der Waals surface area contributed by atoms with E-state index in [4.69, 9.17) is 0 Å². The number of aliphatic hydroxyl groups is 1. The predicted molar refractivity (Wildman–Crippen MR) is 97.9 cm³/mol. The van der Waals surface area contributed by atoms with Gasteiger partial charge in [-0.2, -0.15) is 5.10 Å². The van der Waals surface area contributed by atoms with Gasteiger partial charge >= 0.3 is 6.03 Å². The van der Waals surface area contributed by atoms with Crippen LogP contribution in [0.15, 0.2) is 36.5 Å². The summed E-state index contributed by atoms with van der Waals surface area (Å²) in [6, 6.07) is 9.72. The zero-order chi connectivity index (χ0) is 17.8. The summed E-state index contributed by atoms with van der Waals surface area (Å²) in [7, 11) is 1.85. The highest BCUT2D eigenvalue weighted by atomic mass is 16.3. The van der Waals surface area contributed by atoms with Crippen molar-refractivity contribution in [3.63, 3.8) is 0 Å². The second-order valence-electron chi connectivity index (χ2n) is 6.82. The molecule has 2 N–H and O–H groups in total. The number of carbonyl (C=O) groups excluding carboxylic acids is 1. The van der Waals surface area contributed by atoms with Gasteiger partial charge in [0.1, 0.15) is 0 Å². The molecule has 0 atom stereocenters. The summed E-state index contributed by atoms with van der Waals surface area (Å²) in [5.41, 5.74) is 2.52. The van der Waals surface area contributed by atoms with Gasteiger partial charge in [-0.1, -0.05) is 12.1 Å². The van der Waals surface area contributed by atoms with Crippen molar-refractivity contribution >= 4 is 11.7 Å². The van der Waals surface area contributed by atoms with E-state index in [2.05, 4.69) is 10.4 Å². The number of amides is 2. The molecule has 0 radical (unpaired) electrons. The van der Waals surface area contributed by atoms with Gasteiger partial charge in [0, 0.05) is 25.9 Å². The minimum atomic E-state index is -0.108. The van der Waals surface area contributed by atoms with Gasteiger partial charge < -0.3 is 15.3 Å². The smallest absolute Gasteiger partial charge is 0.321 e. The molecule has 0 aliphatic heterocycles. The molecule has 2 aromatic rings. The Bertz CT molecular complexity index is 720. The monoisotopic (exact) mass is 342 g/mol. The fourth-order valence-corrected chi connectivity index (χ4v) is 3.41. The summed E-state index contributed by atoms with van der Waals surface area (Å²) in [4.78, 5) is 14.5. The fraction of sp³-hybridized carbons (Fsp3) is 0.474. The van der Waals surface area contributed by atoms with Gasteiger partial charge in [-0.3, -0.25) is 0 Å². The highest BCUT2D eigenvalue weighted by Crippen LogP contribution is 2.27. The van der Waals surface area contributed by atoms with Crippen LogP contribution in [0.2, 0.25) is 0 Å². The summed E-state index contributed by atoms with van der Waals surface area (Å²) in [5, 5.41) is 16.7. The number of carbonyl (C=O) groups is 1. The number of aliphatic hydroxyl groups excluding tert-OH is 1. The van der Waals surface area contributed by atoms with Crippen LogP contribution in [0.3, 0.4) is 0 Å². The number of aryl methyl sites for hydroxylation is 1. The zero-order valence-electron chi connectivity index (χ0n) is 14.9. The number of urea groups is 1. The van der Waals surface area contributed by atoms with Crippen LogP contribution in [0.4, 0.5) is 10.5 Å². The Morgan fingerprint density at radius 1 is 1.28 bits per heavy atom. The summed E-state index contributed by atoms with van der Waals surface area (Å²) in [6.45, 7) is 2.19. The van der Waals surface area contributed by atoms with Crippen molar-refractivity contribution in [2.75, 3.05) is 19.0 Å². The van der Waals surface area contributed by atoms with Crippen LogP contribution in [0.5, 0.6) is 0 Å². The van der Waals surface area contributed by atoms with Crippen LogP contribution < -0.4 is 5.32 Å². The fourth-order valence-electron chi connectivity index (χ4n) is 3.41. The molecule has 2 amide bonds. The minimum absolute atomic E-state index is 0.108. The van der Waals surface area contributed by atoms with E-state index in [1.807, 2.05) is 50.5 Å². The van der Waals surface area contributed by atoms with E-state index >= 15 is 0 Å². The number of aromatic nitrogens is 2. The third-order valence-corrected chi connectivity index (χ3v) is 5.06. The SMILES string of the molecule is Cc1ccn(-c2ccccc2NC(=O)N(C)C2CCC(CO)CC2)n1. The summed E-state index contributed by atoms with van der Waals surface area (Å²) in [6.07, 6.45) is 5.72. The Morgan fingerprint density at radius 2 is 2.00 bits per heavy atom. The van der Waals surface area contributed by atoms with Crippen molar-refractivity contribution in [2.45, 2.75) is 38.6 Å². The lowest BCUT2D eigenvalue weighted by Crippen LogP contribution is -2.42. The Hall–Kier alpha value is -2.34. The van der Waals surface area contributed by atoms with Crippen molar-refractivity contribution in [2.24, 2.45) is 5.92 Å². The number of nitrogens with zero attached hydrogens (tertiary/aromatic N) is 3. The molecule has 1 aromatic carbocycles.